The van der Waals surface area contributed by atoms with Gasteiger partial charge in [0, 0.05) is 44.6 Å². The van der Waals surface area contributed by atoms with Gasteiger partial charge in [-0.3, -0.25) is 9.59 Å². The van der Waals surface area contributed by atoms with E-state index in [1.54, 1.807) is 19.9 Å². The van der Waals surface area contributed by atoms with E-state index in [4.69, 9.17) is 4.74 Å². The van der Waals surface area contributed by atoms with E-state index in [1.807, 2.05) is 30.3 Å². The Morgan fingerprint density at radius 2 is 1.71 bits per heavy atom. The molecule has 4 rings (SSSR count). The number of rotatable bonds is 4. The Hall–Kier alpha value is -2.87. The minimum atomic E-state index is -4.95. The first kappa shape index (κ1) is 25.2. The van der Waals surface area contributed by atoms with Crippen LogP contribution in [0.3, 0.4) is 0 Å². The van der Waals surface area contributed by atoms with Crippen LogP contribution in [0.25, 0.3) is 0 Å². The summed E-state index contributed by atoms with van der Waals surface area (Å²) in [6.45, 7) is 4.24. The van der Waals surface area contributed by atoms with Gasteiger partial charge in [0.05, 0.1) is 0 Å². The number of benzene rings is 2. The number of methoxy groups -OCH3 is 1. The third kappa shape index (κ3) is 4.33. The second-order valence-electron chi connectivity index (χ2n) is 9.78. The number of piperidine rings is 2. The molecule has 1 spiro atoms. The molecule has 1 N–H and O–H groups in total. The van der Waals surface area contributed by atoms with Crippen molar-refractivity contribution in [2.24, 2.45) is 5.41 Å². The fraction of sp³-hybridized carbons (Fsp3) is 0.481. The van der Waals surface area contributed by atoms with Crippen LogP contribution in [0.2, 0.25) is 0 Å². The SMILES string of the molecule is COC(C(=O)N1CCC2(CC1)CC(=O)NC[C@H]2c1ccccc1)(c1ccc(C)c(C)c1)C(F)(F)F. The van der Waals surface area contributed by atoms with Crippen LogP contribution in [-0.2, 0) is 19.9 Å². The molecule has 2 amide bonds. The lowest BCUT2D eigenvalue weighted by Crippen LogP contribution is -2.60. The molecular formula is C27H31F3N2O3. The Bertz CT molecular complexity index is 1090. The number of likely N-dealkylation sites (tertiary alicyclic amines) is 1. The van der Waals surface area contributed by atoms with Gasteiger partial charge in [0.2, 0.25) is 5.91 Å². The molecule has 2 aromatic rings. The number of nitrogens with zero attached hydrogens (tertiary/aromatic N) is 1. The molecule has 0 bridgehead atoms. The Morgan fingerprint density at radius 1 is 1.06 bits per heavy atom. The summed E-state index contributed by atoms with van der Waals surface area (Å²) in [6.07, 6.45) is -3.78. The van der Waals surface area contributed by atoms with Gasteiger partial charge in [-0.1, -0.05) is 48.5 Å². The highest BCUT2D eigenvalue weighted by Gasteiger charge is 2.64. The van der Waals surface area contributed by atoms with E-state index >= 15 is 0 Å². The fourth-order valence-electron chi connectivity index (χ4n) is 5.69. The van der Waals surface area contributed by atoms with Gasteiger partial charge in [0.15, 0.2) is 0 Å². The molecule has 35 heavy (non-hydrogen) atoms. The van der Waals surface area contributed by atoms with Gasteiger partial charge in [0.25, 0.3) is 11.5 Å². The summed E-state index contributed by atoms with van der Waals surface area (Å²) in [5, 5.41) is 2.93. The fourth-order valence-corrected chi connectivity index (χ4v) is 5.69. The van der Waals surface area contributed by atoms with Crippen molar-refractivity contribution in [3.8, 4) is 0 Å². The third-order valence-corrected chi connectivity index (χ3v) is 7.92. The summed E-state index contributed by atoms with van der Waals surface area (Å²) in [5.41, 5.74) is -1.15. The van der Waals surface area contributed by atoms with Crippen molar-refractivity contribution in [3.63, 3.8) is 0 Å². The summed E-state index contributed by atoms with van der Waals surface area (Å²) in [7, 11) is 0.933. The van der Waals surface area contributed by atoms with Crippen LogP contribution >= 0.6 is 0 Å². The third-order valence-electron chi connectivity index (χ3n) is 7.92. The molecule has 0 aromatic heterocycles. The Labute approximate surface area is 203 Å². The zero-order valence-electron chi connectivity index (χ0n) is 20.2. The van der Waals surface area contributed by atoms with Gasteiger partial charge in [-0.2, -0.15) is 13.2 Å². The Balaban J connectivity index is 1.64. The summed E-state index contributed by atoms with van der Waals surface area (Å²) in [6, 6.07) is 14.1. The van der Waals surface area contributed by atoms with Crippen molar-refractivity contribution in [3.05, 3.63) is 70.8 Å². The number of halogens is 3. The predicted octanol–water partition coefficient (Wildman–Crippen LogP) is 4.62. The van der Waals surface area contributed by atoms with Crippen LogP contribution in [0.5, 0.6) is 0 Å². The molecule has 0 aliphatic carbocycles. The quantitative estimate of drug-likeness (QED) is 0.683. The molecule has 5 nitrogen and oxygen atoms in total. The summed E-state index contributed by atoms with van der Waals surface area (Å²) in [5.74, 6) is -1.14. The zero-order valence-corrected chi connectivity index (χ0v) is 20.2. The first-order valence-corrected chi connectivity index (χ1v) is 11.8. The number of alkyl halides is 3. The number of hydrogen-bond acceptors (Lipinski definition) is 3. The lowest BCUT2D eigenvalue weighted by Gasteiger charge is -2.50. The molecule has 2 aromatic carbocycles. The predicted molar refractivity (Wildman–Crippen MR) is 126 cm³/mol. The highest BCUT2D eigenvalue weighted by atomic mass is 19.4. The van der Waals surface area contributed by atoms with Crippen LogP contribution < -0.4 is 5.32 Å². The number of carbonyl (C=O) groups is 2. The number of carbonyl (C=O) groups excluding carboxylic acids is 2. The molecule has 0 saturated carbocycles. The van der Waals surface area contributed by atoms with Crippen molar-refractivity contribution in [1.82, 2.24) is 10.2 Å². The van der Waals surface area contributed by atoms with Gasteiger partial charge in [-0.15, -0.1) is 0 Å². The molecule has 2 fully saturated rings. The van der Waals surface area contributed by atoms with Crippen LogP contribution in [-0.4, -0.2) is 49.6 Å². The molecule has 2 saturated heterocycles. The van der Waals surface area contributed by atoms with Crippen LogP contribution in [0.15, 0.2) is 48.5 Å². The average molecular weight is 489 g/mol. The zero-order chi connectivity index (χ0) is 25.4. The number of nitrogens with one attached hydrogen (secondary N) is 1. The maximum atomic E-state index is 14.6. The molecule has 0 radical (unpaired) electrons. The standard InChI is InChI=1S/C27H31F3N2O3/c1-18-9-10-21(15-19(18)2)26(35-3,27(28,29)30)24(34)32-13-11-25(12-14-32)16-23(33)31-17-22(25)20-7-5-4-6-8-20/h4-10,15,22H,11-14,16-17H2,1-3H3,(H,31,33)/t22-,26?/m0/s1. The van der Waals surface area contributed by atoms with Crippen molar-refractivity contribution in [2.45, 2.75) is 50.8 Å². The lowest BCUT2D eigenvalue weighted by molar-refractivity contribution is -0.271. The second kappa shape index (κ2) is 9.30. The number of aryl methyl sites for hydroxylation is 2. The highest BCUT2D eigenvalue weighted by molar-refractivity contribution is 5.88. The summed E-state index contributed by atoms with van der Waals surface area (Å²) in [4.78, 5) is 27.2. The largest absolute Gasteiger partial charge is 0.430 e. The normalized spacial score (nSPS) is 21.9. The van der Waals surface area contributed by atoms with E-state index in [0.717, 1.165) is 18.2 Å². The van der Waals surface area contributed by atoms with E-state index in [1.165, 1.54) is 17.0 Å². The van der Waals surface area contributed by atoms with Crippen molar-refractivity contribution in [1.29, 1.82) is 0 Å². The monoisotopic (exact) mass is 488 g/mol. The van der Waals surface area contributed by atoms with Gasteiger partial charge in [-0.05, 0) is 48.8 Å². The van der Waals surface area contributed by atoms with Crippen LogP contribution in [0, 0.1) is 19.3 Å². The molecule has 188 valence electrons. The van der Waals surface area contributed by atoms with Gasteiger partial charge >= 0.3 is 6.18 Å². The van der Waals surface area contributed by atoms with Gasteiger partial charge in [-0.25, -0.2) is 0 Å². The van der Waals surface area contributed by atoms with Gasteiger partial charge < -0.3 is 15.0 Å². The van der Waals surface area contributed by atoms with E-state index in [-0.39, 0.29) is 30.5 Å². The van der Waals surface area contributed by atoms with Crippen molar-refractivity contribution in [2.75, 3.05) is 26.7 Å². The van der Waals surface area contributed by atoms with E-state index in [0.29, 0.717) is 31.4 Å². The van der Waals surface area contributed by atoms with Crippen molar-refractivity contribution < 1.29 is 27.5 Å². The molecule has 2 aliphatic heterocycles. The molecule has 2 heterocycles. The summed E-state index contributed by atoms with van der Waals surface area (Å²) < 4.78 is 48.7. The van der Waals surface area contributed by atoms with Crippen LogP contribution in [0.4, 0.5) is 13.2 Å². The number of hydrogen-bond donors (Lipinski definition) is 1. The molecule has 2 aliphatic rings. The molecule has 2 atom stereocenters. The van der Waals surface area contributed by atoms with Crippen LogP contribution in [0.1, 0.15) is 47.4 Å². The minimum absolute atomic E-state index is 0.0354. The minimum Gasteiger partial charge on any atom is -0.356 e. The Morgan fingerprint density at radius 3 is 2.29 bits per heavy atom. The molecule has 1 unspecified atom stereocenters. The summed E-state index contributed by atoms with van der Waals surface area (Å²) >= 11 is 0. The van der Waals surface area contributed by atoms with E-state index < -0.39 is 23.1 Å². The second-order valence-corrected chi connectivity index (χ2v) is 9.78. The first-order chi connectivity index (χ1) is 16.5. The molecular weight excluding hydrogens is 457 g/mol. The lowest BCUT2D eigenvalue weighted by atomic mass is 9.62. The molecule has 8 heteroatoms. The van der Waals surface area contributed by atoms with Crippen molar-refractivity contribution >= 4 is 11.8 Å². The number of amides is 2. The maximum absolute atomic E-state index is 14.6. The average Bonchev–Trinajstić information content (AvgIpc) is 2.82. The number of ether oxygens (including phenoxy) is 1. The van der Waals surface area contributed by atoms with Gasteiger partial charge in [0.1, 0.15) is 0 Å². The highest BCUT2D eigenvalue weighted by Crippen LogP contribution is 2.50. The maximum Gasteiger partial charge on any atom is 0.430 e. The van der Waals surface area contributed by atoms with E-state index in [9.17, 15) is 22.8 Å². The first-order valence-electron chi connectivity index (χ1n) is 11.8. The van der Waals surface area contributed by atoms with E-state index in [2.05, 4.69) is 5.32 Å². The Kier molecular flexibility index (Phi) is 6.70. The smallest absolute Gasteiger partial charge is 0.356 e. The topological polar surface area (TPSA) is 58.6 Å².